The van der Waals surface area contributed by atoms with Crippen LogP contribution in [0.5, 0.6) is 11.5 Å². The van der Waals surface area contributed by atoms with Crippen molar-refractivity contribution in [1.29, 1.82) is 0 Å². The first-order chi connectivity index (χ1) is 13.8. The maximum Gasteiger partial charge on any atom is 0.264 e. The molecule has 154 valence electrons. The van der Waals surface area contributed by atoms with Crippen LogP contribution < -0.4 is 15.2 Å². The summed E-state index contributed by atoms with van der Waals surface area (Å²) in [6.45, 7) is 0.772. The van der Waals surface area contributed by atoms with E-state index in [1.54, 1.807) is 6.20 Å². The average Bonchev–Trinajstić information content (AvgIpc) is 3.23. The number of hydrogen-bond donors (Lipinski definition) is 1. The molecule has 0 unspecified atom stereocenters. The molecule has 0 fully saturated rings. The van der Waals surface area contributed by atoms with Crippen LogP contribution in [0.15, 0.2) is 38.9 Å². The second-order valence-corrected chi connectivity index (χ2v) is 9.73. The predicted molar refractivity (Wildman–Crippen MR) is 112 cm³/mol. The summed E-state index contributed by atoms with van der Waals surface area (Å²) in [5, 5.41) is 0.693. The van der Waals surface area contributed by atoms with E-state index in [2.05, 4.69) is 25.9 Å². The summed E-state index contributed by atoms with van der Waals surface area (Å²) >= 11 is 4.99. The van der Waals surface area contributed by atoms with Crippen molar-refractivity contribution in [3.05, 3.63) is 28.9 Å². The molecular weight excluding hydrogens is 484 g/mol. The van der Waals surface area contributed by atoms with Gasteiger partial charge in [-0.3, -0.25) is 4.18 Å². The number of anilines is 1. The first-order valence-electron chi connectivity index (χ1n) is 8.54. The van der Waals surface area contributed by atoms with E-state index in [0.29, 0.717) is 41.0 Å². The topological polar surface area (TPSA) is 119 Å². The summed E-state index contributed by atoms with van der Waals surface area (Å²) in [7, 11) is -3.48. The van der Waals surface area contributed by atoms with Gasteiger partial charge in [-0.25, -0.2) is 9.97 Å². The Morgan fingerprint density at radius 3 is 2.86 bits per heavy atom. The minimum absolute atomic E-state index is 0.0803. The van der Waals surface area contributed by atoms with Crippen molar-refractivity contribution in [3.63, 3.8) is 0 Å². The summed E-state index contributed by atoms with van der Waals surface area (Å²) in [5.41, 5.74) is 7.41. The summed E-state index contributed by atoms with van der Waals surface area (Å²) in [4.78, 5) is 9.65. The van der Waals surface area contributed by atoms with E-state index in [0.717, 1.165) is 21.1 Å². The molecule has 0 saturated heterocycles. The number of rotatable bonds is 7. The molecule has 2 N–H and O–H groups in total. The standard InChI is InChI=1S/C17H17BrN4O5S2/c1-29(23,24)27-6-2-5-22-11-3-4-20-16(19)15(11)21-17(22)28-14-8-13-12(7-10(14)18)25-9-26-13/h3-4,7-8H,2,5-6,9H2,1H3,(H2,19,20). The van der Waals surface area contributed by atoms with Gasteiger partial charge in [0.05, 0.1) is 18.4 Å². The molecule has 3 heterocycles. The molecule has 9 nitrogen and oxygen atoms in total. The first kappa shape index (κ1) is 20.3. The number of pyridine rings is 1. The van der Waals surface area contributed by atoms with Gasteiger partial charge >= 0.3 is 0 Å². The number of benzene rings is 1. The molecule has 29 heavy (non-hydrogen) atoms. The number of aryl methyl sites for hydroxylation is 1. The van der Waals surface area contributed by atoms with Gasteiger partial charge in [0, 0.05) is 22.1 Å². The number of halogens is 1. The molecular formula is C17H17BrN4O5S2. The van der Waals surface area contributed by atoms with Gasteiger partial charge in [0.15, 0.2) is 22.5 Å². The van der Waals surface area contributed by atoms with E-state index in [1.165, 1.54) is 11.8 Å². The molecule has 0 radical (unpaired) electrons. The minimum Gasteiger partial charge on any atom is -0.454 e. The summed E-state index contributed by atoms with van der Waals surface area (Å²) in [6.07, 6.45) is 3.13. The van der Waals surface area contributed by atoms with E-state index in [9.17, 15) is 8.42 Å². The van der Waals surface area contributed by atoms with E-state index in [4.69, 9.17) is 19.4 Å². The molecule has 3 aromatic rings. The molecule has 0 bridgehead atoms. The van der Waals surface area contributed by atoms with Crippen LogP contribution >= 0.6 is 27.7 Å². The summed E-state index contributed by atoms with van der Waals surface area (Å²) < 4.78 is 40.9. The second kappa shape index (κ2) is 8.01. The number of nitrogen functional groups attached to an aromatic ring is 1. The maximum atomic E-state index is 11.2. The van der Waals surface area contributed by atoms with Crippen molar-refractivity contribution in [1.82, 2.24) is 14.5 Å². The maximum absolute atomic E-state index is 11.2. The van der Waals surface area contributed by atoms with Crippen LogP contribution in [0, 0.1) is 0 Å². The van der Waals surface area contributed by atoms with Gasteiger partial charge in [0.2, 0.25) is 6.79 Å². The lowest BCUT2D eigenvalue weighted by atomic mass is 10.3. The van der Waals surface area contributed by atoms with Crippen LogP contribution in [0.1, 0.15) is 6.42 Å². The van der Waals surface area contributed by atoms with E-state index in [-0.39, 0.29) is 13.4 Å². The van der Waals surface area contributed by atoms with Crippen molar-refractivity contribution in [3.8, 4) is 11.5 Å². The Hall–Kier alpha value is -2.02. The van der Waals surface area contributed by atoms with Crippen LogP contribution in [-0.2, 0) is 20.8 Å². The number of ether oxygens (including phenoxy) is 2. The largest absolute Gasteiger partial charge is 0.454 e. The van der Waals surface area contributed by atoms with Gasteiger partial charge in [-0.2, -0.15) is 8.42 Å². The Bertz CT molecular complexity index is 1180. The van der Waals surface area contributed by atoms with Crippen molar-refractivity contribution < 1.29 is 22.1 Å². The number of aromatic nitrogens is 3. The second-order valence-electron chi connectivity index (χ2n) is 6.23. The highest BCUT2D eigenvalue weighted by Gasteiger charge is 2.20. The summed E-state index contributed by atoms with van der Waals surface area (Å²) in [6, 6.07) is 5.57. The predicted octanol–water partition coefficient (Wildman–Crippen LogP) is 3.02. The van der Waals surface area contributed by atoms with Crippen LogP contribution in [-0.4, -0.2) is 42.6 Å². The lowest BCUT2D eigenvalue weighted by Crippen LogP contribution is -2.08. The smallest absolute Gasteiger partial charge is 0.264 e. The first-order valence-corrected chi connectivity index (χ1v) is 12.0. The van der Waals surface area contributed by atoms with Crippen molar-refractivity contribution in [2.24, 2.45) is 0 Å². The molecule has 1 aliphatic heterocycles. The quantitative estimate of drug-likeness (QED) is 0.385. The zero-order valence-electron chi connectivity index (χ0n) is 15.3. The lowest BCUT2D eigenvalue weighted by molar-refractivity contribution is 0.174. The van der Waals surface area contributed by atoms with Crippen LogP contribution in [0.4, 0.5) is 5.82 Å². The fraction of sp³-hybridized carbons (Fsp3) is 0.294. The molecule has 0 aliphatic carbocycles. The molecule has 12 heteroatoms. The third kappa shape index (κ3) is 4.44. The third-order valence-electron chi connectivity index (χ3n) is 4.11. The van der Waals surface area contributed by atoms with E-state index in [1.807, 2.05) is 22.8 Å². The molecule has 1 aliphatic rings. The number of imidazole rings is 1. The highest BCUT2D eigenvalue weighted by atomic mass is 79.9. The average molecular weight is 501 g/mol. The third-order valence-corrected chi connectivity index (χ3v) is 6.68. The monoisotopic (exact) mass is 500 g/mol. The van der Waals surface area contributed by atoms with Gasteiger partial charge in [0.25, 0.3) is 10.1 Å². The van der Waals surface area contributed by atoms with Crippen LogP contribution in [0.3, 0.4) is 0 Å². The highest BCUT2D eigenvalue weighted by Crippen LogP contribution is 2.43. The van der Waals surface area contributed by atoms with Gasteiger partial charge < -0.3 is 19.8 Å². The van der Waals surface area contributed by atoms with Crippen molar-refractivity contribution in [2.45, 2.75) is 23.0 Å². The molecule has 1 aromatic carbocycles. The SMILES string of the molecule is CS(=O)(=O)OCCCn1c(Sc2cc3c(cc2Br)OCO3)nc2c(N)nccc21. The molecule has 0 amide bonds. The highest BCUT2D eigenvalue weighted by molar-refractivity contribution is 9.10. The van der Waals surface area contributed by atoms with Crippen LogP contribution in [0.2, 0.25) is 0 Å². The Kier molecular flexibility index (Phi) is 5.60. The normalized spacial score (nSPS) is 13.3. The van der Waals surface area contributed by atoms with Crippen molar-refractivity contribution >= 4 is 54.7 Å². The zero-order chi connectivity index (χ0) is 20.6. The number of nitrogens with zero attached hydrogens (tertiary/aromatic N) is 3. The van der Waals surface area contributed by atoms with Gasteiger partial charge in [-0.05, 0) is 40.5 Å². The van der Waals surface area contributed by atoms with Gasteiger partial charge in [-0.15, -0.1) is 0 Å². The Labute approximate surface area is 179 Å². The van der Waals surface area contributed by atoms with E-state index < -0.39 is 10.1 Å². The molecule has 0 saturated carbocycles. The zero-order valence-corrected chi connectivity index (χ0v) is 18.5. The molecule has 0 spiro atoms. The molecule has 2 aromatic heterocycles. The molecule has 4 rings (SSSR count). The summed E-state index contributed by atoms with van der Waals surface area (Å²) in [5.74, 6) is 1.68. The fourth-order valence-corrected chi connectivity index (χ4v) is 4.79. The fourth-order valence-electron chi connectivity index (χ4n) is 2.85. The van der Waals surface area contributed by atoms with Crippen molar-refractivity contribution in [2.75, 3.05) is 25.4 Å². The van der Waals surface area contributed by atoms with Gasteiger partial charge in [-0.1, -0.05) is 11.8 Å². The molecule has 0 atom stereocenters. The Balaban J connectivity index is 1.65. The van der Waals surface area contributed by atoms with Gasteiger partial charge in [0.1, 0.15) is 5.52 Å². The van der Waals surface area contributed by atoms with Crippen LogP contribution in [0.25, 0.3) is 11.0 Å². The number of nitrogens with two attached hydrogens (primary N) is 1. The minimum atomic E-state index is -3.48. The lowest BCUT2D eigenvalue weighted by Gasteiger charge is -2.10. The Morgan fingerprint density at radius 2 is 2.10 bits per heavy atom. The number of fused-ring (bicyclic) bond motifs is 2. The number of hydrogen-bond acceptors (Lipinski definition) is 9. The Morgan fingerprint density at radius 1 is 1.34 bits per heavy atom. The van der Waals surface area contributed by atoms with E-state index >= 15 is 0 Å².